The fourth-order valence-corrected chi connectivity index (χ4v) is 4.92. The molecule has 3 aliphatic rings. The second kappa shape index (κ2) is 10.7. The number of hydrogen-bond donors (Lipinski definition) is 4. The van der Waals surface area contributed by atoms with Crippen molar-refractivity contribution >= 4 is 46.5 Å². The number of hydrazine groups is 1. The third-order valence-corrected chi connectivity index (χ3v) is 6.98. The highest BCUT2D eigenvalue weighted by Crippen LogP contribution is 2.31. The molecule has 3 aliphatic heterocycles. The van der Waals surface area contributed by atoms with E-state index in [1.165, 1.54) is 17.0 Å². The summed E-state index contributed by atoms with van der Waals surface area (Å²) in [5.41, 5.74) is 6.40. The number of piperidine rings is 1. The van der Waals surface area contributed by atoms with Gasteiger partial charge in [0.2, 0.25) is 11.8 Å². The minimum Gasteiger partial charge on any atom is -0.322 e. The van der Waals surface area contributed by atoms with Gasteiger partial charge in [0, 0.05) is 41.8 Å². The smallest absolute Gasteiger partial charge is 0.322 e. The summed E-state index contributed by atoms with van der Waals surface area (Å²) >= 11 is 5.92. The van der Waals surface area contributed by atoms with E-state index in [4.69, 9.17) is 11.6 Å². The van der Waals surface area contributed by atoms with Gasteiger partial charge in [-0.25, -0.2) is 14.7 Å². The van der Waals surface area contributed by atoms with E-state index in [9.17, 15) is 18.8 Å². The molecule has 2 aromatic rings. The first-order chi connectivity index (χ1) is 17.9. The van der Waals surface area contributed by atoms with Crippen molar-refractivity contribution in [1.82, 2.24) is 15.9 Å². The van der Waals surface area contributed by atoms with Crippen molar-refractivity contribution in [2.75, 3.05) is 28.6 Å². The maximum Gasteiger partial charge on any atom is 0.322 e. The second-order valence-electron chi connectivity index (χ2n) is 9.17. The van der Waals surface area contributed by atoms with E-state index in [0.29, 0.717) is 35.8 Å². The molecule has 4 amide bonds. The van der Waals surface area contributed by atoms with Crippen LogP contribution in [0.15, 0.2) is 52.8 Å². The zero-order valence-corrected chi connectivity index (χ0v) is 20.5. The van der Waals surface area contributed by atoms with Gasteiger partial charge in [0.25, 0.3) is 0 Å². The lowest BCUT2D eigenvalue weighted by molar-refractivity contribution is -0.120. The van der Waals surface area contributed by atoms with Crippen LogP contribution in [0.3, 0.4) is 0 Å². The molecule has 0 aromatic heterocycles. The standard InChI is InChI=1S/C24H26ClFN8O3/c25-15-4-6-16(7-5-15)27-24(37)34-13-14(22-29-31-32-30-22)11-20(34)23(36)28-19-9-8-17(12-18(19)26)33-10-2-1-3-21(33)35/h4-9,12,14,20,22H,1-3,10-11,13H2,(H,27,37)(H,28,36)(H,29,32)(H,30,31)/t14-,20-/m1/s1. The number of hydrogen-bond acceptors (Lipinski definition) is 7. The lowest BCUT2D eigenvalue weighted by atomic mass is 10.0. The molecule has 37 heavy (non-hydrogen) atoms. The number of carbonyl (C=O) groups excluding carboxylic acids is 3. The summed E-state index contributed by atoms with van der Waals surface area (Å²) in [7, 11) is 0. The normalized spacial score (nSPS) is 23.2. The molecule has 0 bridgehead atoms. The molecular formula is C24H26ClFN8O3. The highest BCUT2D eigenvalue weighted by Gasteiger charge is 2.43. The molecule has 11 nitrogen and oxygen atoms in total. The summed E-state index contributed by atoms with van der Waals surface area (Å²) in [5, 5.41) is 13.7. The summed E-state index contributed by atoms with van der Waals surface area (Å²) in [6.45, 7) is 0.765. The average molecular weight is 529 g/mol. The van der Waals surface area contributed by atoms with Gasteiger partial charge in [0.1, 0.15) is 18.0 Å². The third kappa shape index (κ3) is 5.49. The number of nitrogens with one attached hydrogen (secondary N) is 4. The van der Waals surface area contributed by atoms with Gasteiger partial charge in [-0.2, -0.15) is 5.43 Å². The molecule has 3 heterocycles. The second-order valence-corrected chi connectivity index (χ2v) is 9.61. The van der Waals surface area contributed by atoms with E-state index in [0.717, 1.165) is 12.8 Å². The van der Waals surface area contributed by atoms with Crippen LogP contribution < -0.4 is 26.5 Å². The molecule has 0 radical (unpaired) electrons. The number of carbonyl (C=O) groups is 3. The number of anilines is 3. The maximum absolute atomic E-state index is 15.0. The molecule has 2 saturated heterocycles. The molecule has 0 aliphatic carbocycles. The number of amides is 4. The van der Waals surface area contributed by atoms with Crippen LogP contribution in [0.5, 0.6) is 0 Å². The topological polar surface area (TPSA) is 131 Å². The van der Waals surface area contributed by atoms with Gasteiger partial charge < -0.3 is 20.4 Å². The molecule has 4 N–H and O–H groups in total. The molecule has 13 heteroatoms. The van der Waals surface area contributed by atoms with Crippen LogP contribution in [0.2, 0.25) is 5.02 Å². The lowest BCUT2D eigenvalue weighted by Crippen LogP contribution is -2.45. The molecule has 2 fully saturated rings. The number of benzene rings is 2. The van der Waals surface area contributed by atoms with Crippen molar-refractivity contribution in [3.8, 4) is 0 Å². The number of likely N-dealkylation sites (tertiary alicyclic amines) is 1. The predicted octanol–water partition coefficient (Wildman–Crippen LogP) is 3.66. The van der Waals surface area contributed by atoms with Gasteiger partial charge in [-0.3, -0.25) is 9.59 Å². The van der Waals surface area contributed by atoms with Crippen LogP contribution in [0.25, 0.3) is 0 Å². The Kier molecular flexibility index (Phi) is 7.19. The molecule has 0 saturated carbocycles. The lowest BCUT2D eigenvalue weighted by Gasteiger charge is -2.27. The largest absolute Gasteiger partial charge is 0.322 e. The number of urea groups is 1. The highest BCUT2D eigenvalue weighted by molar-refractivity contribution is 6.30. The average Bonchev–Trinajstić information content (AvgIpc) is 3.57. The van der Waals surface area contributed by atoms with Crippen molar-refractivity contribution in [1.29, 1.82) is 0 Å². The van der Waals surface area contributed by atoms with Gasteiger partial charge in [0.05, 0.1) is 5.69 Å². The Morgan fingerprint density at radius 2 is 1.92 bits per heavy atom. The summed E-state index contributed by atoms with van der Waals surface area (Å²) in [6, 6.07) is 9.54. The Balaban J connectivity index is 1.31. The van der Waals surface area contributed by atoms with Crippen LogP contribution in [-0.4, -0.2) is 48.0 Å². The van der Waals surface area contributed by atoms with E-state index in [2.05, 4.69) is 31.9 Å². The molecule has 0 spiro atoms. The summed E-state index contributed by atoms with van der Waals surface area (Å²) in [4.78, 5) is 41.6. The minimum absolute atomic E-state index is 0.0277. The Morgan fingerprint density at radius 1 is 1.11 bits per heavy atom. The molecule has 1 unspecified atom stereocenters. The Bertz CT molecular complexity index is 1230. The zero-order valence-electron chi connectivity index (χ0n) is 19.8. The van der Waals surface area contributed by atoms with Gasteiger partial charge in [0.15, 0.2) is 0 Å². The quantitative estimate of drug-likeness (QED) is 0.470. The van der Waals surface area contributed by atoms with Gasteiger partial charge in [-0.05, 0) is 61.7 Å². The Hall–Kier alpha value is -3.77. The Morgan fingerprint density at radius 3 is 2.62 bits per heavy atom. The maximum atomic E-state index is 15.0. The first kappa shape index (κ1) is 24.9. The monoisotopic (exact) mass is 528 g/mol. The number of rotatable bonds is 5. The van der Waals surface area contributed by atoms with Crippen LogP contribution in [0.4, 0.5) is 26.2 Å². The van der Waals surface area contributed by atoms with E-state index >= 15 is 0 Å². The van der Waals surface area contributed by atoms with Crippen LogP contribution in [0, 0.1) is 11.7 Å². The van der Waals surface area contributed by atoms with Crippen LogP contribution in [0.1, 0.15) is 25.7 Å². The highest BCUT2D eigenvalue weighted by atomic mass is 35.5. The van der Waals surface area contributed by atoms with E-state index in [1.54, 1.807) is 35.2 Å². The molecule has 3 atom stereocenters. The Labute approximate surface area is 217 Å². The van der Waals surface area contributed by atoms with Gasteiger partial charge in [-0.1, -0.05) is 16.8 Å². The summed E-state index contributed by atoms with van der Waals surface area (Å²) in [6.07, 6.45) is 1.99. The minimum atomic E-state index is -0.877. The molecule has 5 rings (SSSR count). The molecule has 194 valence electrons. The van der Waals surface area contributed by atoms with Gasteiger partial charge >= 0.3 is 6.03 Å². The van der Waals surface area contributed by atoms with Crippen molar-refractivity contribution in [2.24, 2.45) is 16.3 Å². The van der Waals surface area contributed by atoms with Crippen molar-refractivity contribution in [3.63, 3.8) is 0 Å². The van der Waals surface area contributed by atoms with E-state index in [1.807, 2.05) is 0 Å². The SMILES string of the molecule is O=C(Nc1ccc(N2CCCCC2=O)cc1F)[C@H]1C[C@@H](C2N=NNN2)CN1C(=O)Nc1ccc(Cl)cc1. The van der Waals surface area contributed by atoms with Crippen LogP contribution >= 0.6 is 11.6 Å². The van der Waals surface area contributed by atoms with Crippen molar-refractivity contribution < 1.29 is 18.8 Å². The molecular weight excluding hydrogens is 503 g/mol. The number of halogens is 2. The fraction of sp³-hybridized carbons (Fsp3) is 0.375. The first-order valence-corrected chi connectivity index (χ1v) is 12.4. The molecule has 2 aromatic carbocycles. The van der Waals surface area contributed by atoms with Crippen LogP contribution in [-0.2, 0) is 9.59 Å². The van der Waals surface area contributed by atoms with E-state index < -0.39 is 30.0 Å². The summed E-state index contributed by atoms with van der Waals surface area (Å²) in [5.74, 6) is -1.44. The first-order valence-electron chi connectivity index (χ1n) is 12.0. The van der Waals surface area contributed by atoms with Crippen molar-refractivity contribution in [3.05, 3.63) is 53.3 Å². The fourth-order valence-electron chi connectivity index (χ4n) is 4.79. The summed E-state index contributed by atoms with van der Waals surface area (Å²) < 4.78 is 15.0. The van der Waals surface area contributed by atoms with Gasteiger partial charge in [-0.15, -0.1) is 5.11 Å². The third-order valence-electron chi connectivity index (χ3n) is 6.73. The van der Waals surface area contributed by atoms with Crippen molar-refractivity contribution in [2.45, 2.75) is 37.9 Å². The number of nitrogens with zero attached hydrogens (tertiary/aromatic N) is 4. The predicted molar refractivity (Wildman–Crippen MR) is 135 cm³/mol. The zero-order chi connectivity index (χ0) is 25.9. The van der Waals surface area contributed by atoms with E-state index in [-0.39, 0.29) is 24.1 Å².